The maximum Gasteiger partial charge on any atom is 0.0489 e. The lowest BCUT2D eigenvalue weighted by atomic mass is 10.0. The second-order valence-electron chi connectivity index (χ2n) is 2.91. The molecular formula is C9H16N2. The third kappa shape index (κ3) is 2.37. The lowest BCUT2D eigenvalue weighted by molar-refractivity contribution is 0.396. The quantitative estimate of drug-likeness (QED) is 0.647. The monoisotopic (exact) mass is 152 g/mol. The molecule has 1 rings (SSSR count). The van der Waals surface area contributed by atoms with Crippen LogP contribution >= 0.6 is 0 Å². The van der Waals surface area contributed by atoms with Crippen LogP contribution in [-0.4, -0.2) is 9.78 Å². The third-order valence-corrected chi connectivity index (χ3v) is 2.16. The van der Waals surface area contributed by atoms with Crippen molar-refractivity contribution < 1.29 is 0 Å². The van der Waals surface area contributed by atoms with E-state index in [2.05, 4.69) is 18.9 Å². The molecule has 0 fully saturated rings. The SMILES string of the molecule is CCC(CC)Cn1cccn1. The van der Waals surface area contributed by atoms with E-state index in [4.69, 9.17) is 0 Å². The Morgan fingerprint density at radius 2 is 2.09 bits per heavy atom. The summed E-state index contributed by atoms with van der Waals surface area (Å²) in [5, 5.41) is 4.17. The van der Waals surface area contributed by atoms with Gasteiger partial charge in [-0.2, -0.15) is 5.10 Å². The maximum absolute atomic E-state index is 4.17. The van der Waals surface area contributed by atoms with Crippen molar-refractivity contribution in [2.24, 2.45) is 5.92 Å². The van der Waals surface area contributed by atoms with Gasteiger partial charge in [0.2, 0.25) is 0 Å². The van der Waals surface area contributed by atoms with Crippen molar-refractivity contribution in [1.82, 2.24) is 9.78 Å². The fourth-order valence-electron chi connectivity index (χ4n) is 1.22. The summed E-state index contributed by atoms with van der Waals surface area (Å²) in [6.45, 7) is 5.54. The minimum Gasteiger partial charge on any atom is -0.272 e. The van der Waals surface area contributed by atoms with E-state index in [9.17, 15) is 0 Å². The molecule has 0 unspecified atom stereocenters. The highest BCUT2D eigenvalue weighted by Crippen LogP contribution is 2.09. The van der Waals surface area contributed by atoms with Crippen molar-refractivity contribution in [3.8, 4) is 0 Å². The van der Waals surface area contributed by atoms with Crippen molar-refractivity contribution >= 4 is 0 Å². The number of nitrogens with zero attached hydrogens (tertiary/aromatic N) is 2. The second kappa shape index (κ2) is 4.16. The average molecular weight is 152 g/mol. The molecule has 0 saturated carbocycles. The van der Waals surface area contributed by atoms with E-state index in [1.54, 1.807) is 0 Å². The topological polar surface area (TPSA) is 17.8 Å². The molecule has 1 aromatic rings. The van der Waals surface area contributed by atoms with Crippen LogP contribution in [0.3, 0.4) is 0 Å². The van der Waals surface area contributed by atoms with E-state index in [-0.39, 0.29) is 0 Å². The molecule has 2 heteroatoms. The first-order valence-corrected chi connectivity index (χ1v) is 4.34. The van der Waals surface area contributed by atoms with Gasteiger partial charge in [-0.05, 0) is 12.0 Å². The summed E-state index contributed by atoms with van der Waals surface area (Å²) in [6.07, 6.45) is 6.35. The highest BCUT2D eigenvalue weighted by molar-refractivity contribution is 4.78. The van der Waals surface area contributed by atoms with Gasteiger partial charge in [0.25, 0.3) is 0 Å². The summed E-state index contributed by atoms with van der Waals surface area (Å²) < 4.78 is 2.01. The largest absolute Gasteiger partial charge is 0.272 e. The van der Waals surface area contributed by atoms with Gasteiger partial charge in [0.15, 0.2) is 0 Å². The van der Waals surface area contributed by atoms with Crippen molar-refractivity contribution in [3.05, 3.63) is 18.5 Å². The average Bonchev–Trinajstić information content (AvgIpc) is 2.52. The summed E-state index contributed by atoms with van der Waals surface area (Å²) in [4.78, 5) is 0. The van der Waals surface area contributed by atoms with Gasteiger partial charge in [-0.1, -0.05) is 26.7 Å². The first-order chi connectivity index (χ1) is 5.36. The predicted molar refractivity (Wildman–Crippen MR) is 46.3 cm³/mol. The molecule has 0 aliphatic rings. The molecule has 0 atom stereocenters. The summed E-state index contributed by atoms with van der Waals surface area (Å²) >= 11 is 0. The molecule has 0 N–H and O–H groups in total. The summed E-state index contributed by atoms with van der Waals surface area (Å²) in [6, 6.07) is 1.97. The predicted octanol–water partition coefficient (Wildman–Crippen LogP) is 2.32. The van der Waals surface area contributed by atoms with Crippen LogP contribution in [0, 0.1) is 5.92 Å². The van der Waals surface area contributed by atoms with Gasteiger partial charge in [0, 0.05) is 18.9 Å². The number of hydrogen-bond donors (Lipinski definition) is 0. The Hall–Kier alpha value is -0.790. The normalized spacial score (nSPS) is 10.8. The highest BCUT2D eigenvalue weighted by Gasteiger charge is 2.03. The van der Waals surface area contributed by atoms with Crippen LogP contribution in [0.25, 0.3) is 0 Å². The number of hydrogen-bond acceptors (Lipinski definition) is 1. The van der Waals surface area contributed by atoms with Crippen molar-refractivity contribution in [1.29, 1.82) is 0 Å². The van der Waals surface area contributed by atoms with Crippen LogP contribution < -0.4 is 0 Å². The zero-order valence-electron chi connectivity index (χ0n) is 7.33. The first-order valence-electron chi connectivity index (χ1n) is 4.34. The van der Waals surface area contributed by atoms with E-state index in [0.717, 1.165) is 12.5 Å². The van der Waals surface area contributed by atoms with Crippen LogP contribution in [0.4, 0.5) is 0 Å². The Morgan fingerprint density at radius 1 is 1.36 bits per heavy atom. The zero-order valence-corrected chi connectivity index (χ0v) is 7.33. The van der Waals surface area contributed by atoms with E-state index in [1.165, 1.54) is 12.8 Å². The van der Waals surface area contributed by atoms with Gasteiger partial charge < -0.3 is 0 Å². The van der Waals surface area contributed by atoms with Crippen LogP contribution in [0.1, 0.15) is 26.7 Å². The van der Waals surface area contributed by atoms with Crippen LogP contribution in [-0.2, 0) is 6.54 Å². The Balaban J connectivity index is 2.41. The van der Waals surface area contributed by atoms with E-state index in [1.807, 2.05) is 23.1 Å². The molecule has 62 valence electrons. The Morgan fingerprint density at radius 3 is 2.55 bits per heavy atom. The standard InChI is InChI=1S/C9H16N2/c1-3-9(4-2)8-11-7-5-6-10-11/h5-7,9H,3-4,8H2,1-2H3. The summed E-state index contributed by atoms with van der Waals surface area (Å²) in [5.41, 5.74) is 0. The zero-order chi connectivity index (χ0) is 8.10. The molecule has 11 heavy (non-hydrogen) atoms. The first kappa shape index (κ1) is 8.31. The molecule has 0 saturated heterocycles. The fourth-order valence-corrected chi connectivity index (χ4v) is 1.22. The number of rotatable bonds is 4. The molecule has 0 radical (unpaired) electrons. The summed E-state index contributed by atoms with van der Waals surface area (Å²) in [5.74, 6) is 0.787. The molecule has 0 bridgehead atoms. The lowest BCUT2D eigenvalue weighted by Gasteiger charge is -2.11. The van der Waals surface area contributed by atoms with Crippen molar-refractivity contribution in [2.75, 3.05) is 0 Å². The molecular weight excluding hydrogens is 136 g/mol. The Kier molecular flexibility index (Phi) is 3.14. The highest BCUT2D eigenvalue weighted by atomic mass is 15.3. The smallest absolute Gasteiger partial charge is 0.0489 e. The van der Waals surface area contributed by atoms with E-state index in [0.29, 0.717) is 0 Å². The van der Waals surface area contributed by atoms with Crippen molar-refractivity contribution in [2.45, 2.75) is 33.2 Å². The maximum atomic E-state index is 4.17. The third-order valence-electron chi connectivity index (χ3n) is 2.16. The molecule has 0 aliphatic carbocycles. The van der Waals surface area contributed by atoms with Gasteiger partial charge >= 0.3 is 0 Å². The fraction of sp³-hybridized carbons (Fsp3) is 0.667. The summed E-state index contributed by atoms with van der Waals surface area (Å²) in [7, 11) is 0. The van der Waals surface area contributed by atoms with Crippen LogP contribution in [0.5, 0.6) is 0 Å². The van der Waals surface area contributed by atoms with E-state index < -0.39 is 0 Å². The van der Waals surface area contributed by atoms with Gasteiger partial charge in [-0.3, -0.25) is 4.68 Å². The minimum absolute atomic E-state index is 0.787. The molecule has 0 spiro atoms. The van der Waals surface area contributed by atoms with Gasteiger partial charge in [0.05, 0.1) is 0 Å². The van der Waals surface area contributed by atoms with Crippen LogP contribution in [0.15, 0.2) is 18.5 Å². The molecule has 0 aliphatic heterocycles. The van der Waals surface area contributed by atoms with E-state index >= 15 is 0 Å². The van der Waals surface area contributed by atoms with Gasteiger partial charge in [0.1, 0.15) is 0 Å². The molecule has 0 amide bonds. The molecule has 1 heterocycles. The van der Waals surface area contributed by atoms with Gasteiger partial charge in [-0.15, -0.1) is 0 Å². The molecule has 0 aromatic carbocycles. The molecule has 2 nitrogen and oxygen atoms in total. The lowest BCUT2D eigenvalue weighted by Crippen LogP contribution is -2.09. The second-order valence-corrected chi connectivity index (χ2v) is 2.91. The Bertz CT molecular complexity index is 175. The van der Waals surface area contributed by atoms with Crippen LogP contribution in [0.2, 0.25) is 0 Å². The van der Waals surface area contributed by atoms with Gasteiger partial charge in [-0.25, -0.2) is 0 Å². The van der Waals surface area contributed by atoms with Crippen molar-refractivity contribution in [3.63, 3.8) is 0 Å². The minimum atomic E-state index is 0.787. The Labute approximate surface area is 68.2 Å². The number of aromatic nitrogens is 2. The molecule has 1 aromatic heterocycles.